The molecule has 0 aromatic heterocycles. The van der Waals surface area contributed by atoms with Crippen LogP contribution >= 0.6 is 23.2 Å². The number of nitrogens with zero attached hydrogens (tertiary/aromatic N) is 4. The summed E-state index contributed by atoms with van der Waals surface area (Å²) in [7, 11) is 4.39. The number of likely N-dealkylation sites (N-methyl/N-ethyl adjacent to an activating group) is 2. The van der Waals surface area contributed by atoms with Crippen molar-refractivity contribution in [3.63, 3.8) is 0 Å². The molecule has 1 aromatic rings. The molecule has 0 saturated carbocycles. The van der Waals surface area contributed by atoms with Crippen molar-refractivity contribution in [2.45, 2.75) is 23.3 Å². The lowest BCUT2D eigenvalue weighted by Crippen LogP contribution is -2.52. The van der Waals surface area contributed by atoms with Crippen molar-refractivity contribution in [1.82, 2.24) is 19.6 Å². The van der Waals surface area contributed by atoms with E-state index in [0.29, 0.717) is 0 Å². The SMILES string of the molecule is CN1CCCN2CCN(C)C(c3ccccc3)C(Cl)C(Cl)N(CC1)CC2. The highest BCUT2D eigenvalue weighted by Crippen LogP contribution is 2.33. The van der Waals surface area contributed by atoms with E-state index in [1.54, 1.807) is 0 Å². The summed E-state index contributed by atoms with van der Waals surface area (Å²) in [5.41, 5.74) is 1.06. The Morgan fingerprint density at radius 2 is 1.50 bits per heavy atom. The molecule has 3 rings (SSSR count). The first kappa shape index (κ1) is 20.4. The van der Waals surface area contributed by atoms with Crippen molar-refractivity contribution < 1.29 is 0 Å². The normalized spacial score (nSPS) is 35.9. The summed E-state index contributed by atoms with van der Waals surface area (Å²) in [5.74, 6) is 0. The first-order chi connectivity index (χ1) is 12.6. The lowest BCUT2D eigenvalue weighted by atomic mass is 10.0. The fraction of sp³-hybridized carbons (Fsp3) is 0.700. The predicted molar refractivity (Wildman–Crippen MR) is 111 cm³/mol. The van der Waals surface area contributed by atoms with Crippen LogP contribution in [0, 0.1) is 0 Å². The summed E-state index contributed by atoms with van der Waals surface area (Å²) >= 11 is 14.0. The maximum Gasteiger partial charge on any atom is 0.104 e. The Labute approximate surface area is 168 Å². The van der Waals surface area contributed by atoms with Crippen LogP contribution in [0.25, 0.3) is 0 Å². The van der Waals surface area contributed by atoms with Crippen LogP contribution in [0.2, 0.25) is 0 Å². The van der Waals surface area contributed by atoms with Gasteiger partial charge in [0.2, 0.25) is 0 Å². The van der Waals surface area contributed by atoms with Crippen molar-refractivity contribution in [3.8, 4) is 0 Å². The summed E-state index contributed by atoms with van der Waals surface area (Å²) in [6, 6.07) is 10.7. The van der Waals surface area contributed by atoms with Crippen LogP contribution < -0.4 is 0 Å². The zero-order valence-electron chi connectivity index (χ0n) is 16.0. The van der Waals surface area contributed by atoms with Gasteiger partial charge < -0.3 is 9.80 Å². The molecule has 0 spiro atoms. The molecule has 5 atom stereocenters. The van der Waals surface area contributed by atoms with Crippen LogP contribution in [0.4, 0.5) is 0 Å². The number of benzene rings is 1. The summed E-state index contributed by atoms with van der Waals surface area (Å²) < 4.78 is 0. The van der Waals surface area contributed by atoms with E-state index in [1.165, 1.54) is 12.0 Å². The van der Waals surface area contributed by atoms with E-state index >= 15 is 0 Å². The molecule has 0 N–H and O–H groups in total. The number of fused-ring (bicyclic) bond motifs is 3. The Morgan fingerprint density at radius 3 is 2.27 bits per heavy atom. The summed E-state index contributed by atoms with van der Waals surface area (Å²) in [5, 5.41) is -0.163. The van der Waals surface area contributed by atoms with Gasteiger partial charge >= 0.3 is 0 Å². The van der Waals surface area contributed by atoms with E-state index in [4.69, 9.17) is 23.2 Å². The zero-order chi connectivity index (χ0) is 18.5. The van der Waals surface area contributed by atoms with Gasteiger partial charge in [0.05, 0.1) is 11.4 Å². The molecule has 4 nitrogen and oxygen atoms in total. The highest BCUT2D eigenvalue weighted by molar-refractivity contribution is 6.30. The van der Waals surface area contributed by atoms with Crippen molar-refractivity contribution in [3.05, 3.63) is 35.9 Å². The Hall–Kier alpha value is -0.360. The Bertz CT molecular complexity index is 544. The predicted octanol–water partition coefficient (Wildman–Crippen LogP) is 2.78. The molecule has 0 amide bonds. The Morgan fingerprint density at radius 1 is 0.808 bits per heavy atom. The first-order valence-electron chi connectivity index (χ1n) is 9.74. The molecule has 6 heteroatoms. The quantitative estimate of drug-likeness (QED) is 0.532. The van der Waals surface area contributed by atoms with Gasteiger partial charge in [0, 0.05) is 39.3 Å². The minimum absolute atomic E-state index is 0.114. The third-order valence-corrected chi connectivity index (χ3v) is 6.94. The van der Waals surface area contributed by atoms with E-state index < -0.39 is 0 Å². The van der Waals surface area contributed by atoms with Gasteiger partial charge in [0.15, 0.2) is 0 Å². The van der Waals surface area contributed by atoms with Gasteiger partial charge in [-0.3, -0.25) is 9.80 Å². The van der Waals surface area contributed by atoms with E-state index in [9.17, 15) is 0 Å². The number of hydrogen-bond donors (Lipinski definition) is 0. The molecule has 2 aliphatic heterocycles. The van der Waals surface area contributed by atoms with E-state index in [0.717, 1.165) is 52.4 Å². The van der Waals surface area contributed by atoms with E-state index in [2.05, 4.69) is 64.0 Å². The zero-order valence-corrected chi connectivity index (χ0v) is 17.5. The highest BCUT2D eigenvalue weighted by Gasteiger charge is 2.35. The fourth-order valence-electron chi connectivity index (χ4n) is 4.06. The minimum Gasteiger partial charge on any atom is -0.305 e. The standard InChI is InChI=1S/C20H32Cl2N4/c1-23-9-6-10-25-13-12-24(2)19(17-7-4-3-5-8-17)18(21)20(22)26(15-11-23)16-14-25/h3-5,7-8,18-20H,6,9-16H2,1-2H3. The number of halogens is 2. The average molecular weight is 399 g/mol. The number of rotatable bonds is 1. The van der Waals surface area contributed by atoms with Gasteiger partial charge in [-0.15, -0.1) is 23.2 Å². The molecule has 2 aliphatic rings. The third kappa shape index (κ3) is 5.12. The Kier molecular flexibility index (Phi) is 7.62. The molecule has 2 saturated heterocycles. The molecule has 1 aromatic carbocycles. The van der Waals surface area contributed by atoms with E-state index in [-0.39, 0.29) is 16.9 Å². The molecule has 2 bridgehead atoms. The highest BCUT2D eigenvalue weighted by atomic mass is 35.5. The summed E-state index contributed by atoms with van der Waals surface area (Å²) in [6.07, 6.45) is 1.23. The van der Waals surface area contributed by atoms with Gasteiger partial charge in [-0.05, 0) is 39.2 Å². The first-order valence-corrected chi connectivity index (χ1v) is 10.6. The van der Waals surface area contributed by atoms with Gasteiger partial charge in [0.25, 0.3) is 0 Å². The van der Waals surface area contributed by atoms with Gasteiger partial charge in [-0.25, -0.2) is 0 Å². The van der Waals surface area contributed by atoms with Crippen LogP contribution in [-0.4, -0.2) is 96.9 Å². The third-order valence-electron chi connectivity index (χ3n) is 5.78. The smallest absolute Gasteiger partial charge is 0.104 e. The molecule has 146 valence electrons. The van der Waals surface area contributed by atoms with Gasteiger partial charge in [0.1, 0.15) is 5.50 Å². The molecule has 0 radical (unpaired) electrons. The maximum absolute atomic E-state index is 7.02. The maximum atomic E-state index is 7.02. The monoisotopic (exact) mass is 398 g/mol. The lowest BCUT2D eigenvalue weighted by Gasteiger charge is -2.42. The second kappa shape index (κ2) is 9.72. The van der Waals surface area contributed by atoms with Crippen molar-refractivity contribution in [2.75, 3.05) is 66.5 Å². The molecule has 0 aliphatic carbocycles. The van der Waals surface area contributed by atoms with E-state index in [1.807, 2.05) is 0 Å². The lowest BCUT2D eigenvalue weighted by molar-refractivity contribution is 0.104. The van der Waals surface area contributed by atoms with Crippen LogP contribution in [0.1, 0.15) is 18.0 Å². The number of hydrogen-bond acceptors (Lipinski definition) is 4. The second-order valence-electron chi connectivity index (χ2n) is 7.69. The van der Waals surface area contributed by atoms with Crippen molar-refractivity contribution in [2.24, 2.45) is 0 Å². The Balaban J connectivity index is 1.87. The molecule has 26 heavy (non-hydrogen) atoms. The van der Waals surface area contributed by atoms with Crippen LogP contribution in [0.5, 0.6) is 0 Å². The largest absolute Gasteiger partial charge is 0.305 e. The number of alkyl halides is 2. The molecule has 5 unspecified atom stereocenters. The minimum atomic E-state index is -0.183. The van der Waals surface area contributed by atoms with Crippen molar-refractivity contribution >= 4 is 23.2 Å². The topological polar surface area (TPSA) is 13.0 Å². The summed E-state index contributed by atoms with van der Waals surface area (Å²) in [6.45, 7) is 8.43. The van der Waals surface area contributed by atoms with Crippen LogP contribution in [0.15, 0.2) is 30.3 Å². The van der Waals surface area contributed by atoms with Crippen LogP contribution in [-0.2, 0) is 0 Å². The van der Waals surface area contributed by atoms with Crippen molar-refractivity contribution in [1.29, 1.82) is 0 Å². The van der Waals surface area contributed by atoms with Crippen LogP contribution in [0.3, 0.4) is 0 Å². The summed E-state index contributed by atoms with van der Waals surface area (Å²) in [4.78, 5) is 9.76. The van der Waals surface area contributed by atoms with Gasteiger partial charge in [-0.1, -0.05) is 30.3 Å². The average Bonchev–Trinajstić information content (AvgIpc) is 2.65. The molecule has 2 fully saturated rings. The molecular formula is C20H32Cl2N4. The second-order valence-corrected chi connectivity index (χ2v) is 8.64. The molecule has 2 heterocycles. The van der Waals surface area contributed by atoms with Gasteiger partial charge in [-0.2, -0.15) is 0 Å². The fourth-order valence-corrected chi connectivity index (χ4v) is 4.89. The molecular weight excluding hydrogens is 367 g/mol.